The molecule has 0 aliphatic carbocycles. The molecule has 1 saturated heterocycles. The molecule has 1 atom stereocenters. The van der Waals surface area contributed by atoms with Gasteiger partial charge in [-0.05, 0) is 47.8 Å². The Morgan fingerprint density at radius 1 is 1.55 bits per heavy atom. The van der Waals surface area contributed by atoms with E-state index >= 15 is 0 Å². The molecule has 0 saturated carbocycles. The van der Waals surface area contributed by atoms with Crippen LogP contribution in [0.15, 0.2) is 15.5 Å². The highest BCUT2D eigenvalue weighted by molar-refractivity contribution is 9.10. The minimum absolute atomic E-state index is 0.0627. The van der Waals surface area contributed by atoms with Crippen LogP contribution in [0.1, 0.15) is 20.3 Å². The van der Waals surface area contributed by atoms with Crippen molar-refractivity contribution in [2.75, 3.05) is 32.0 Å². The first-order valence-corrected chi connectivity index (χ1v) is 7.94. The van der Waals surface area contributed by atoms with Crippen LogP contribution >= 0.6 is 15.9 Å². The van der Waals surface area contributed by atoms with Gasteiger partial charge in [-0.3, -0.25) is 4.79 Å². The Balaban J connectivity index is 2.02. The Bertz CT molecular complexity index is 514. The number of nitrogens with zero attached hydrogens (tertiary/aromatic N) is 3. The van der Waals surface area contributed by atoms with E-state index < -0.39 is 0 Å². The molecule has 5 nitrogen and oxygen atoms in total. The lowest BCUT2D eigenvalue weighted by Crippen LogP contribution is -2.27. The van der Waals surface area contributed by atoms with Crippen LogP contribution in [0.4, 0.5) is 5.69 Å². The van der Waals surface area contributed by atoms with Gasteiger partial charge in [0.1, 0.15) is 4.47 Å². The number of nitrogens with one attached hydrogen (secondary N) is 1. The number of hydrogen-bond donors (Lipinski definition) is 1. The molecule has 0 spiro atoms. The molecule has 112 valence electrons. The van der Waals surface area contributed by atoms with Crippen molar-refractivity contribution in [2.24, 2.45) is 11.8 Å². The average molecular weight is 343 g/mol. The maximum atomic E-state index is 12.2. The zero-order chi connectivity index (χ0) is 14.7. The standard InChI is InChI=1S/C14H23BrN4O/c1-10(2)8-19-14(20)13(15)12(7-17-19)16-6-11-4-5-18(3)9-11/h7,10-11,16H,4-6,8-9H2,1-3H3. The Morgan fingerprint density at radius 3 is 2.90 bits per heavy atom. The Hall–Kier alpha value is -0.880. The first-order chi connectivity index (χ1) is 9.47. The number of halogens is 1. The van der Waals surface area contributed by atoms with E-state index in [1.807, 2.05) is 0 Å². The van der Waals surface area contributed by atoms with Crippen molar-refractivity contribution in [1.29, 1.82) is 0 Å². The maximum Gasteiger partial charge on any atom is 0.283 e. The van der Waals surface area contributed by atoms with Crippen molar-refractivity contribution in [2.45, 2.75) is 26.8 Å². The highest BCUT2D eigenvalue weighted by Crippen LogP contribution is 2.19. The second-order valence-corrected chi connectivity index (χ2v) is 6.84. The van der Waals surface area contributed by atoms with Crippen LogP contribution in [0.2, 0.25) is 0 Å². The molecular formula is C14H23BrN4O. The average Bonchev–Trinajstić information content (AvgIpc) is 2.79. The summed E-state index contributed by atoms with van der Waals surface area (Å²) in [5, 5.41) is 7.59. The van der Waals surface area contributed by atoms with Crippen molar-refractivity contribution in [1.82, 2.24) is 14.7 Å². The molecule has 1 aromatic heterocycles. The third-order valence-electron chi connectivity index (χ3n) is 3.59. The minimum Gasteiger partial charge on any atom is -0.382 e. The zero-order valence-electron chi connectivity index (χ0n) is 12.4. The molecule has 6 heteroatoms. The summed E-state index contributed by atoms with van der Waals surface area (Å²) < 4.78 is 2.10. The number of hydrogen-bond acceptors (Lipinski definition) is 4. The first kappa shape index (κ1) is 15.5. The highest BCUT2D eigenvalue weighted by Gasteiger charge is 2.19. The van der Waals surface area contributed by atoms with Crippen LogP contribution in [-0.4, -0.2) is 41.4 Å². The smallest absolute Gasteiger partial charge is 0.283 e. The van der Waals surface area contributed by atoms with E-state index in [4.69, 9.17) is 0 Å². The topological polar surface area (TPSA) is 50.2 Å². The molecule has 1 N–H and O–H groups in total. The quantitative estimate of drug-likeness (QED) is 0.889. The van der Waals surface area contributed by atoms with Crippen molar-refractivity contribution in [3.8, 4) is 0 Å². The van der Waals surface area contributed by atoms with E-state index in [0.29, 0.717) is 22.9 Å². The lowest BCUT2D eigenvalue weighted by Gasteiger charge is -2.14. The molecule has 1 unspecified atom stereocenters. The van der Waals surface area contributed by atoms with Crippen LogP contribution in [-0.2, 0) is 6.54 Å². The van der Waals surface area contributed by atoms with Crippen molar-refractivity contribution >= 4 is 21.6 Å². The molecule has 1 aliphatic heterocycles. The van der Waals surface area contributed by atoms with Gasteiger partial charge in [-0.1, -0.05) is 13.8 Å². The van der Waals surface area contributed by atoms with Gasteiger partial charge in [-0.2, -0.15) is 5.10 Å². The fourth-order valence-corrected chi connectivity index (χ4v) is 2.96. The Labute approximate surface area is 128 Å². The van der Waals surface area contributed by atoms with Gasteiger partial charge in [0.15, 0.2) is 0 Å². The summed E-state index contributed by atoms with van der Waals surface area (Å²) in [7, 11) is 2.14. The van der Waals surface area contributed by atoms with Gasteiger partial charge in [0.25, 0.3) is 5.56 Å². The van der Waals surface area contributed by atoms with Crippen LogP contribution < -0.4 is 10.9 Å². The largest absolute Gasteiger partial charge is 0.382 e. The van der Waals surface area contributed by atoms with Gasteiger partial charge in [-0.25, -0.2) is 4.68 Å². The van der Waals surface area contributed by atoms with E-state index in [-0.39, 0.29) is 5.56 Å². The summed E-state index contributed by atoms with van der Waals surface area (Å²) in [4.78, 5) is 14.5. The zero-order valence-corrected chi connectivity index (χ0v) is 14.0. The predicted octanol–water partition coefficient (Wildman–Crippen LogP) is 2.03. The second-order valence-electron chi connectivity index (χ2n) is 6.05. The number of aromatic nitrogens is 2. The van der Waals surface area contributed by atoms with Crippen LogP contribution in [0, 0.1) is 11.8 Å². The fourth-order valence-electron chi connectivity index (χ4n) is 2.51. The lowest BCUT2D eigenvalue weighted by atomic mass is 10.1. The van der Waals surface area contributed by atoms with E-state index in [0.717, 1.165) is 25.3 Å². The molecule has 0 amide bonds. The van der Waals surface area contributed by atoms with Crippen LogP contribution in [0.5, 0.6) is 0 Å². The van der Waals surface area contributed by atoms with Crippen molar-refractivity contribution in [3.63, 3.8) is 0 Å². The molecule has 1 aromatic rings. The third kappa shape index (κ3) is 3.82. The summed E-state index contributed by atoms with van der Waals surface area (Å²) >= 11 is 3.40. The van der Waals surface area contributed by atoms with Gasteiger partial charge >= 0.3 is 0 Å². The van der Waals surface area contributed by atoms with Gasteiger partial charge in [0.2, 0.25) is 0 Å². The van der Waals surface area contributed by atoms with E-state index in [9.17, 15) is 4.79 Å². The number of anilines is 1. The van der Waals surface area contributed by atoms with E-state index in [1.165, 1.54) is 11.1 Å². The molecule has 0 aromatic carbocycles. The van der Waals surface area contributed by atoms with Gasteiger partial charge in [-0.15, -0.1) is 0 Å². The Kier molecular flexibility index (Phi) is 5.21. The van der Waals surface area contributed by atoms with Crippen molar-refractivity contribution in [3.05, 3.63) is 21.0 Å². The summed E-state index contributed by atoms with van der Waals surface area (Å²) in [5.74, 6) is 1.05. The molecule has 1 aliphatic rings. The molecule has 1 fully saturated rings. The summed E-state index contributed by atoms with van der Waals surface area (Å²) in [6.45, 7) is 7.95. The van der Waals surface area contributed by atoms with Gasteiger partial charge in [0, 0.05) is 19.6 Å². The fraction of sp³-hybridized carbons (Fsp3) is 0.714. The third-order valence-corrected chi connectivity index (χ3v) is 4.36. The molecule has 2 rings (SSSR count). The van der Waals surface area contributed by atoms with Crippen molar-refractivity contribution < 1.29 is 0 Å². The summed E-state index contributed by atoms with van der Waals surface area (Å²) in [6.07, 6.45) is 2.95. The summed E-state index contributed by atoms with van der Waals surface area (Å²) in [6, 6.07) is 0. The molecular weight excluding hydrogens is 320 g/mol. The van der Waals surface area contributed by atoms with Gasteiger partial charge in [0.05, 0.1) is 11.9 Å². The van der Waals surface area contributed by atoms with Crippen LogP contribution in [0.25, 0.3) is 0 Å². The van der Waals surface area contributed by atoms with Gasteiger partial charge < -0.3 is 10.2 Å². The molecule has 0 bridgehead atoms. The predicted molar refractivity (Wildman–Crippen MR) is 85.1 cm³/mol. The first-order valence-electron chi connectivity index (χ1n) is 7.15. The SMILES string of the molecule is CC(C)Cn1ncc(NCC2CCN(C)C2)c(Br)c1=O. The second kappa shape index (κ2) is 6.72. The molecule has 2 heterocycles. The summed E-state index contributed by atoms with van der Waals surface area (Å²) in [5.41, 5.74) is 0.733. The minimum atomic E-state index is -0.0627. The highest BCUT2D eigenvalue weighted by atomic mass is 79.9. The normalized spacial score (nSPS) is 19.8. The Morgan fingerprint density at radius 2 is 2.30 bits per heavy atom. The van der Waals surface area contributed by atoms with E-state index in [1.54, 1.807) is 6.20 Å². The van der Waals surface area contributed by atoms with Crippen LogP contribution in [0.3, 0.4) is 0 Å². The number of rotatable bonds is 5. The monoisotopic (exact) mass is 342 g/mol. The van der Waals surface area contributed by atoms with E-state index in [2.05, 4.69) is 52.1 Å². The maximum absolute atomic E-state index is 12.2. The molecule has 0 radical (unpaired) electrons. The molecule has 20 heavy (non-hydrogen) atoms. The lowest BCUT2D eigenvalue weighted by molar-refractivity contribution is 0.399. The number of likely N-dealkylation sites (tertiary alicyclic amines) is 1.